The van der Waals surface area contributed by atoms with Crippen molar-refractivity contribution in [2.45, 2.75) is 30.8 Å². The van der Waals surface area contributed by atoms with E-state index in [1.165, 1.54) is 30.8 Å². The van der Waals surface area contributed by atoms with Gasteiger partial charge in [-0.05, 0) is 31.9 Å². The summed E-state index contributed by atoms with van der Waals surface area (Å²) in [5, 5.41) is 11.0. The minimum atomic E-state index is -0.507. The van der Waals surface area contributed by atoms with Gasteiger partial charge in [-0.1, -0.05) is 0 Å². The van der Waals surface area contributed by atoms with Crippen LogP contribution in [-0.2, 0) is 4.74 Å². The molecule has 0 bridgehead atoms. The largest absolute Gasteiger partial charge is 0.377 e. The van der Waals surface area contributed by atoms with Gasteiger partial charge >= 0.3 is 0 Å². The lowest BCUT2D eigenvalue weighted by molar-refractivity contribution is -0.385. The molecule has 2 rings (SSSR count). The molecule has 0 spiro atoms. The summed E-state index contributed by atoms with van der Waals surface area (Å²) < 4.78 is 5.51. The van der Waals surface area contributed by atoms with Crippen LogP contribution in [0, 0.1) is 10.1 Å². The Morgan fingerprint density at radius 2 is 2.37 bits per heavy atom. The van der Waals surface area contributed by atoms with Crippen LogP contribution < -0.4 is 0 Å². The summed E-state index contributed by atoms with van der Waals surface area (Å²) in [5.74, 6) is 0.499. The van der Waals surface area contributed by atoms with Crippen LogP contribution in [0.5, 0.6) is 0 Å². The number of rotatable bonds is 5. The van der Waals surface area contributed by atoms with E-state index >= 15 is 0 Å². The molecule has 0 N–H and O–H groups in total. The normalized spacial score (nSPS) is 18.5. The molecule has 0 aliphatic carbocycles. The van der Waals surface area contributed by atoms with E-state index in [4.69, 9.17) is 4.74 Å². The molecule has 19 heavy (non-hydrogen) atoms. The minimum absolute atomic E-state index is 0.121. The van der Waals surface area contributed by atoms with Crippen LogP contribution in [0.25, 0.3) is 0 Å². The van der Waals surface area contributed by atoms with Gasteiger partial charge < -0.3 is 4.74 Å². The fourth-order valence-electron chi connectivity index (χ4n) is 2.01. The van der Waals surface area contributed by atoms with Crippen LogP contribution in [0.3, 0.4) is 0 Å². The molecule has 0 radical (unpaired) electrons. The maximum absolute atomic E-state index is 11.3. The molecule has 1 fully saturated rings. The molecule has 1 unspecified atom stereocenters. The zero-order valence-electron chi connectivity index (χ0n) is 10.6. The van der Waals surface area contributed by atoms with Gasteiger partial charge in [-0.2, -0.15) is 0 Å². The standard InChI is InChI=1S/C13H15NO4S/c1-9(15)12-5-4-11(7-13(12)14(16)17)19-8-10-3-2-6-18-10/h4-5,7,10H,2-3,6,8H2,1H3. The first-order valence-corrected chi connectivity index (χ1v) is 7.10. The molecular formula is C13H15NO4S. The third-order valence-electron chi connectivity index (χ3n) is 3.01. The molecule has 102 valence electrons. The predicted octanol–water partition coefficient (Wildman–Crippen LogP) is 3.07. The Bertz CT molecular complexity index is 497. The zero-order valence-corrected chi connectivity index (χ0v) is 11.4. The molecule has 1 saturated heterocycles. The van der Waals surface area contributed by atoms with Crippen molar-refractivity contribution in [3.05, 3.63) is 33.9 Å². The van der Waals surface area contributed by atoms with Crippen LogP contribution >= 0.6 is 11.8 Å². The number of thioether (sulfide) groups is 1. The highest BCUT2D eigenvalue weighted by Gasteiger charge is 2.19. The van der Waals surface area contributed by atoms with Crippen molar-refractivity contribution in [1.82, 2.24) is 0 Å². The number of Topliss-reactive ketones (excluding diaryl/α,β-unsaturated/α-hetero) is 1. The Balaban J connectivity index is 2.11. The minimum Gasteiger partial charge on any atom is -0.377 e. The molecule has 0 aromatic heterocycles. The fourth-order valence-corrected chi connectivity index (χ4v) is 3.02. The highest BCUT2D eigenvalue weighted by atomic mass is 32.2. The number of ketones is 1. The van der Waals surface area contributed by atoms with Gasteiger partial charge in [-0.25, -0.2) is 0 Å². The van der Waals surface area contributed by atoms with Crippen molar-refractivity contribution < 1.29 is 14.5 Å². The summed E-state index contributed by atoms with van der Waals surface area (Å²) in [7, 11) is 0. The number of nitrogens with zero attached hydrogens (tertiary/aromatic N) is 1. The van der Waals surface area contributed by atoms with Gasteiger partial charge in [0.2, 0.25) is 0 Å². The highest BCUT2D eigenvalue weighted by Crippen LogP contribution is 2.29. The first-order valence-electron chi connectivity index (χ1n) is 6.11. The van der Waals surface area contributed by atoms with Gasteiger partial charge in [-0.15, -0.1) is 11.8 Å². The lowest BCUT2D eigenvalue weighted by Gasteiger charge is -2.09. The maximum Gasteiger partial charge on any atom is 0.281 e. The molecule has 1 heterocycles. The summed E-state index contributed by atoms with van der Waals surface area (Å²) >= 11 is 1.53. The lowest BCUT2D eigenvalue weighted by Crippen LogP contribution is -2.07. The number of carbonyl (C=O) groups is 1. The number of hydrogen-bond donors (Lipinski definition) is 0. The van der Waals surface area contributed by atoms with Gasteiger partial charge in [0.15, 0.2) is 5.78 Å². The number of nitro groups is 1. The smallest absolute Gasteiger partial charge is 0.281 e. The average Bonchev–Trinajstić information content (AvgIpc) is 2.88. The molecule has 1 aliphatic heterocycles. The number of carbonyl (C=O) groups excluding carboxylic acids is 1. The van der Waals surface area contributed by atoms with Crippen molar-refractivity contribution in [3.63, 3.8) is 0 Å². The molecule has 1 atom stereocenters. The van der Waals surface area contributed by atoms with E-state index in [1.807, 2.05) is 0 Å². The molecule has 1 aromatic carbocycles. The summed E-state index contributed by atoms with van der Waals surface area (Å²) in [4.78, 5) is 22.6. The molecule has 6 heteroatoms. The molecular weight excluding hydrogens is 266 g/mol. The number of benzene rings is 1. The zero-order chi connectivity index (χ0) is 13.8. The average molecular weight is 281 g/mol. The number of ether oxygens (including phenoxy) is 1. The fraction of sp³-hybridized carbons (Fsp3) is 0.462. The first-order chi connectivity index (χ1) is 9.08. The predicted molar refractivity (Wildman–Crippen MR) is 72.8 cm³/mol. The lowest BCUT2D eigenvalue weighted by atomic mass is 10.1. The van der Waals surface area contributed by atoms with E-state index in [1.54, 1.807) is 6.07 Å². The Morgan fingerprint density at radius 1 is 1.58 bits per heavy atom. The van der Waals surface area contributed by atoms with Gasteiger partial charge in [0, 0.05) is 23.3 Å². The third kappa shape index (κ3) is 3.54. The Morgan fingerprint density at radius 3 is 2.95 bits per heavy atom. The van der Waals surface area contributed by atoms with E-state index in [0.717, 1.165) is 30.1 Å². The second-order valence-corrected chi connectivity index (χ2v) is 5.53. The van der Waals surface area contributed by atoms with Gasteiger partial charge in [-0.3, -0.25) is 14.9 Å². The molecule has 5 nitrogen and oxygen atoms in total. The molecule has 1 aliphatic rings. The van der Waals surface area contributed by atoms with Crippen LogP contribution in [0.1, 0.15) is 30.1 Å². The maximum atomic E-state index is 11.3. The van der Waals surface area contributed by atoms with Crippen LogP contribution in [0.15, 0.2) is 23.1 Å². The van der Waals surface area contributed by atoms with E-state index in [0.29, 0.717) is 0 Å². The first kappa shape index (κ1) is 14.0. The van der Waals surface area contributed by atoms with E-state index in [-0.39, 0.29) is 23.1 Å². The van der Waals surface area contributed by atoms with Crippen molar-refractivity contribution in [2.24, 2.45) is 0 Å². The SMILES string of the molecule is CC(=O)c1ccc(SCC2CCCO2)cc1[N+](=O)[O-]. The van der Waals surface area contributed by atoms with Crippen molar-refractivity contribution in [2.75, 3.05) is 12.4 Å². The quantitative estimate of drug-likeness (QED) is 0.359. The molecule has 0 amide bonds. The van der Waals surface area contributed by atoms with Crippen LogP contribution in [0.2, 0.25) is 0 Å². The monoisotopic (exact) mass is 281 g/mol. The third-order valence-corrected chi connectivity index (χ3v) is 4.13. The van der Waals surface area contributed by atoms with Crippen molar-refractivity contribution >= 4 is 23.2 Å². The topological polar surface area (TPSA) is 69.4 Å². The van der Waals surface area contributed by atoms with Crippen LogP contribution in [-0.4, -0.2) is 29.2 Å². The second-order valence-electron chi connectivity index (χ2n) is 4.44. The molecule has 1 aromatic rings. The summed E-state index contributed by atoms with van der Waals surface area (Å²) in [6.07, 6.45) is 2.35. The Labute approximate surface area is 115 Å². The van der Waals surface area contributed by atoms with Gasteiger partial charge in [0.25, 0.3) is 5.69 Å². The summed E-state index contributed by atoms with van der Waals surface area (Å²) in [6.45, 7) is 2.14. The highest BCUT2D eigenvalue weighted by molar-refractivity contribution is 7.99. The van der Waals surface area contributed by atoms with Crippen molar-refractivity contribution in [1.29, 1.82) is 0 Å². The van der Waals surface area contributed by atoms with E-state index in [2.05, 4.69) is 0 Å². The summed E-state index contributed by atoms with van der Waals surface area (Å²) in [6, 6.07) is 4.75. The Kier molecular flexibility index (Phi) is 4.55. The number of nitro benzene ring substituents is 1. The van der Waals surface area contributed by atoms with Crippen LogP contribution in [0.4, 0.5) is 5.69 Å². The van der Waals surface area contributed by atoms with Gasteiger partial charge in [0.05, 0.1) is 16.6 Å². The second kappa shape index (κ2) is 6.16. The van der Waals surface area contributed by atoms with E-state index < -0.39 is 4.92 Å². The van der Waals surface area contributed by atoms with Gasteiger partial charge in [0.1, 0.15) is 0 Å². The van der Waals surface area contributed by atoms with E-state index in [9.17, 15) is 14.9 Å². The Hall–Kier alpha value is -1.40. The molecule has 0 saturated carbocycles. The van der Waals surface area contributed by atoms with Crippen molar-refractivity contribution in [3.8, 4) is 0 Å². The summed E-state index contributed by atoms with van der Waals surface area (Å²) in [5.41, 5.74) is 0.0382. The number of hydrogen-bond acceptors (Lipinski definition) is 5.